The molecule has 0 aliphatic heterocycles. The highest BCUT2D eigenvalue weighted by Crippen LogP contribution is 2.38. The number of hydrogen-bond donors (Lipinski definition) is 0. The SMILES string of the molecule is CC(C)N(CCC(C(=O)N(C)C)(c1ccccc1)c1ccccc1)C(C)C. The Hall–Kier alpha value is -2.13. The van der Waals surface area contributed by atoms with E-state index in [1.54, 1.807) is 4.90 Å². The third-order valence-corrected chi connectivity index (χ3v) is 5.38. The summed E-state index contributed by atoms with van der Waals surface area (Å²) in [6.45, 7) is 9.75. The molecule has 27 heavy (non-hydrogen) atoms. The number of likely N-dealkylation sites (N-methyl/N-ethyl adjacent to an activating group) is 1. The summed E-state index contributed by atoms with van der Waals surface area (Å²) in [7, 11) is 3.71. The second-order valence-corrected chi connectivity index (χ2v) is 8.01. The average molecular weight is 367 g/mol. The standard InChI is InChI=1S/C24H34N2O/c1-19(2)26(20(3)4)18-17-24(23(27)25(5)6,21-13-9-7-10-14-21)22-15-11-8-12-16-22/h7-16,19-20H,17-18H2,1-6H3. The minimum atomic E-state index is -0.686. The van der Waals surface area contributed by atoms with Crippen molar-refractivity contribution in [2.24, 2.45) is 0 Å². The largest absolute Gasteiger partial charge is 0.348 e. The van der Waals surface area contributed by atoms with E-state index in [0.29, 0.717) is 12.1 Å². The first kappa shape index (κ1) is 21.2. The van der Waals surface area contributed by atoms with Crippen LogP contribution in [-0.2, 0) is 10.2 Å². The van der Waals surface area contributed by atoms with Gasteiger partial charge in [0.25, 0.3) is 0 Å². The number of nitrogens with zero attached hydrogens (tertiary/aromatic N) is 2. The summed E-state index contributed by atoms with van der Waals surface area (Å²) in [5.74, 6) is 0.132. The predicted octanol–water partition coefficient (Wildman–Crippen LogP) is 4.57. The quantitative estimate of drug-likeness (QED) is 0.683. The highest BCUT2D eigenvalue weighted by Gasteiger charge is 2.43. The van der Waals surface area contributed by atoms with Crippen molar-refractivity contribution in [2.75, 3.05) is 20.6 Å². The van der Waals surface area contributed by atoms with Crippen LogP contribution >= 0.6 is 0 Å². The Labute approximate surface area is 165 Å². The molecule has 3 heteroatoms. The molecule has 0 aliphatic rings. The Balaban J connectivity index is 2.60. The van der Waals surface area contributed by atoms with Crippen molar-refractivity contribution in [3.05, 3.63) is 71.8 Å². The van der Waals surface area contributed by atoms with Crippen molar-refractivity contribution in [1.82, 2.24) is 9.80 Å². The molecule has 2 rings (SSSR count). The fourth-order valence-electron chi connectivity index (χ4n) is 4.05. The molecule has 2 aromatic rings. The average Bonchev–Trinajstić information content (AvgIpc) is 2.65. The van der Waals surface area contributed by atoms with Gasteiger partial charge in [-0.2, -0.15) is 0 Å². The van der Waals surface area contributed by atoms with Gasteiger partial charge in [-0.25, -0.2) is 0 Å². The van der Waals surface area contributed by atoms with Crippen molar-refractivity contribution in [1.29, 1.82) is 0 Å². The molecule has 0 radical (unpaired) electrons. The van der Waals surface area contributed by atoms with Crippen molar-refractivity contribution in [3.63, 3.8) is 0 Å². The smallest absolute Gasteiger partial charge is 0.237 e. The second-order valence-electron chi connectivity index (χ2n) is 8.01. The summed E-state index contributed by atoms with van der Waals surface area (Å²) in [4.78, 5) is 17.8. The molecule has 0 fully saturated rings. The van der Waals surface area contributed by atoms with E-state index >= 15 is 0 Å². The van der Waals surface area contributed by atoms with Crippen molar-refractivity contribution in [3.8, 4) is 0 Å². The van der Waals surface area contributed by atoms with Gasteiger partial charge in [-0.1, -0.05) is 60.7 Å². The molecule has 0 aliphatic carbocycles. The molecule has 146 valence electrons. The van der Waals surface area contributed by atoms with Crippen LogP contribution in [0.1, 0.15) is 45.2 Å². The minimum Gasteiger partial charge on any atom is -0.348 e. The molecular weight excluding hydrogens is 332 g/mol. The summed E-state index contributed by atoms with van der Waals surface area (Å²) in [6.07, 6.45) is 0.744. The topological polar surface area (TPSA) is 23.6 Å². The van der Waals surface area contributed by atoms with Crippen LogP contribution in [0.4, 0.5) is 0 Å². The zero-order valence-corrected chi connectivity index (χ0v) is 17.6. The minimum absolute atomic E-state index is 0.132. The number of amides is 1. The highest BCUT2D eigenvalue weighted by molar-refractivity contribution is 5.91. The summed E-state index contributed by atoms with van der Waals surface area (Å²) in [6, 6.07) is 21.3. The van der Waals surface area contributed by atoms with Gasteiger partial charge in [0.15, 0.2) is 0 Å². The van der Waals surface area contributed by atoms with Crippen molar-refractivity contribution < 1.29 is 4.79 Å². The lowest BCUT2D eigenvalue weighted by atomic mass is 9.70. The number of carbonyl (C=O) groups is 1. The lowest BCUT2D eigenvalue weighted by Gasteiger charge is -2.39. The van der Waals surface area contributed by atoms with Crippen LogP contribution in [0, 0.1) is 0 Å². The Morgan fingerprint density at radius 1 is 0.815 bits per heavy atom. The summed E-state index contributed by atoms with van der Waals surface area (Å²) in [5.41, 5.74) is 1.43. The molecule has 0 spiro atoms. The van der Waals surface area contributed by atoms with Gasteiger partial charge in [-0.3, -0.25) is 9.69 Å². The van der Waals surface area contributed by atoms with Gasteiger partial charge in [-0.15, -0.1) is 0 Å². The summed E-state index contributed by atoms with van der Waals surface area (Å²) >= 11 is 0. The predicted molar refractivity (Wildman–Crippen MR) is 114 cm³/mol. The zero-order chi connectivity index (χ0) is 20.0. The zero-order valence-electron chi connectivity index (χ0n) is 17.6. The molecular formula is C24H34N2O. The summed E-state index contributed by atoms with van der Waals surface area (Å²) in [5, 5.41) is 0. The van der Waals surface area contributed by atoms with Crippen LogP contribution in [0.3, 0.4) is 0 Å². The lowest BCUT2D eigenvalue weighted by Crippen LogP contribution is -2.48. The summed E-state index contributed by atoms with van der Waals surface area (Å²) < 4.78 is 0. The maximum atomic E-state index is 13.6. The van der Waals surface area contributed by atoms with E-state index in [9.17, 15) is 4.79 Å². The molecule has 2 aromatic carbocycles. The molecule has 0 saturated heterocycles. The van der Waals surface area contributed by atoms with Gasteiger partial charge in [0.1, 0.15) is 5.41 Å². The number of hydrogen-bond acceptors (Lipinski definition) is 2. The molecule has 3 nitrogen and oxygen atoms in total. The van der Waals surface area contributed by atoms with Gasteiger partial charge in [0.2, 0.25) is 5.91 Å². The molecule has 0 N–H and O–H groups in total. The third-order valence-electron chi connectivity index (χ3n) is 5.38. The van der Waals surface area contributed by atoms with Crippen LogP contribution in [0.5, 0.6) is 0 Å². The van der Waals surface area contributed by atoms with Gasteiger partial charge in [-0.05, 0) is 45.2 Å². The van der Waals surface area contributed by atoms with Crippen molar-refractivity contribution >= 4 is 5.91 Å². The highest BCUT2D eigenvalue weighted by atomic mass is 16.2. The molecule has 0 saturated carbocycles. The van der Waals surface area contributed by atoms with E-state index in [0.717, 1.165) is 24.1 Å². The second kappa shape index (κ2) is 9.18. The van der Waals surface area contributed by atoms with Crippen LogP contribution in [0.25, 0.3) is 0 Å². The van der Waals surface area contributed by atoms with Gasteiger partial charge >= 0.3 is 0 Å². The van der Waals surface area contributed by atoms with E-state index in [2.05, 4.69) is 56.9 Å². The molecule has 0 bridgehead atoms. The first-order valence-electron chi connectivity index (χ1n) is 9.89. The first-order valence-corrected chi connectivity index (χ1v) is 9.89. The van der Waals surface area contributed by atoms with Gasteiger partial charge in [0, 0.05) is 32.7 Å². The van der Waals surface area contributed by atoms with Crippen LogP contribution in [-0.4, -0.2) is 48.4 Å². The number of carbonyl (C=O) groups excluding carboxylic acids is 1. The maximum Gasteiger partial charge on any atom is 0.237 e. The van der Waals surface area contributed by atoms with Gasteiger partial charge in [0.05, 0.1) is 0 Å². The molecule has 0 unspecified atom stereocenters. The Bertz CT molecular complexity index is 660. The van der Waals surface area contributed by atoms with Crippen molar-refractivity contribution in [2.45, 2.75) is 51.6 Å². The van der Waals surface area contributed by atoms with E-state index in [-0.39, 0.29) is 5.91 Å². The monoisotopic (exact) mass is 366 g/mol. The van der Waals surface area contributed by atoms with E-state index in [1.165, 1.54) is 0 Å². The molecule has 0 aromatic heterocycles. The molecule has 1 amide bonds. The Kier molecular flexibility index (Phi) is 7.20. The first-order chi connectivity index (χ1) is 12.8. The van der Waals surface area contributed by atoms with E-state index < -0.39 is 5.41 Å². The lowest BCUT2D eigenvalue weighted by molar-refractivity contribution is -0.133. The van der Waals surface area contributed by atoms with Crippen LogP contribution in [0.15, 0.2) is 60.7 Å². The fourth-order valence-corrected chi connectivity index (χ4v) is 4.05. The fraction of sp³-hybridized carbons (Fsp3) is 0.458. The number of rotatable bonds is 8. The normalized spacial score (nSPS) is 12.0. The van der Waals surface area contributed by atoms with E-state index in [1.807, 2.05) is 50.5 Å². The molecule has 0 heterocycles. The van der Waals surface area contributed by atoms with Crippen LogP contribution in [0.2, 0.25) is 0 Å². The number of benzene rings is 2. The third kappa shape index (κ3) is 4.59. The maximum absolute atomic E-state index is 13.6. The van der Waals surface area contributed by atoms with Gasteiger partial charge < -0.3 is 4.90 Å². The van der Waals surface area contributed by atoms with Crippen LogP contribution < -0.4 is 0 Å². The Morgan fingerprint density at radius 3 is 1.56 bits per heavy atom. The molecule has 0 atom stereocenters. The van der Waals surface area contributed by atoms with E-state index in [4.69, 9.17) is 0 Å². The Morgan fingerprint density at radius 2 is 1.22 bits per heavy atom.